The number of benzene rings is 1. The van der Waals surface area contributed by atoms with Crippen LogP contribution in [-0.2, 0) is 0 Å². The lowest BCUT2D eigenvalue weighted by Crippen LogP contribution is -2.43. The third kappa shape index (κ3) is 3.72. The Labute approximate surface area is 129 Å². The first kappa shape index (κ1) is 15.3. The molecular weight excluding hydrogens is 324 g/mol. The lowest BCUT2D eigenvalue weighted by Gasteiger charge is -2.40. The maximum absolute atomic E-state index is 6.38. The molecule has 0 radical (unpaired) electrons. The second-order valence-electron chi connectivity index (χ2n) is 5.82. The Kier molecular flexibility index (Phi) is 5.29. The van der Waals surface area contributed by atoms with Crippen molar-refractivity contribution in [2.45, 2.75) is 26.3 Å². The zero-order valence-corrected chi connectivity index (χ0v) is 13.9. The summed E-state index contributed by atoms with van der Waals surface area (Å²) in [4.78, 5) is 2.49. The molecule has 0 saturated carbocycles. The minimum Gasteiger partial charge on any atom is -0.329 e. The fourth-order valence-corrected chi connectivity index (χ4v) is 4.01. The molecule has 2 rings (SSSR count). The maximum atomic E-state index is 6.38. The van der Waals surface area contributed by atoms with Crippen LogP contribution in [-0.4, -0.2) is 24.5 Å². The van der Waals surface area contributed by atoms with Crippen molar-refractivity contribution in [2.75, 3.05) is 19.6 Å². The van der Waals surface area contributed by atoms with E-state index in [2.05, 4.69) is 40.7 Å². The Morgan fingerprint density at radius 2 is 2.00 bits per heavy atom. The quantitative estimate of drug-likeness (QED) is 0.894. The Bertz CT molecular complexity index is 428. The van der Waals surface area contributed by atoms with Crippen molar-refractivity contribution in [1.82, 2.24) is 4.90 Å². The number of piperidine rings is 1. The van der Waals surface area contributed by atoms with Crippen LogP contribution in [0.2, 0.25) is 5.02 Å². The van der Waals surface area contributed by atoms with E-state index in [1.807, 2.05) is 12.1 Å². The molecule has 0 aromatic heterocycles. The lowest BCUT2D eigenvalue weighted by molar-refractivity contribution is 0.0984. The van der Waals surface area contributed by atoms with Crippen molar-refractivity contribution in [3.8, 4) is 0 Å². The normalized spacial score (nSPS) is 26.4. The van der Waals surface area contributed by atoms with Crippen molar-refractivity contribution in [1.29, 1.82) is 0 Å². The van der Waals surface area contributed by atoms with E-state index in [1.165, 1.54) is 6.42 Å². The first-order chi connectivity index (χ1) is 9.01. The number of hydrogen-bond acceptors (Lipinski definition) is 2. The standard InChI is InChI=1S/C15H22BrClN2/c1-10-5-11(2)9-19(8-10)15(7-18)13-4-3-12(16)6-14(13)17/h3-4,6,10-11,15H,5,7-9,18H2,1-2H3. The van der Waals surface area contributed by atoms with Crippen molar-refractivity contribution in [3.05, 3.63) is 33.3 Å². The van der Waals surface area contributed by atoms with Crippen LogP contribution in [0.15, 0.2) is 22.7 Å². The molecule has 1 aliphatic heterocycles. The molecule has 1 aromatic rings. The molecule has 19 heavy (non-hydrogen) atoms. The van der Waals surface area contributed by atoms with E-state index in [4.69, 9.17) is 17.3 Å². The van der Waals surface area contributed by atoms with Crippen molar-refractivity contribution < 1.29 is 0 Å². The fraction of sp³-hybridized carbons (Fsp3) is 0.600. The van der Waals surface area contributed by atoms with Gasteiger partial charge in [0.2, 0.25) is 0 Å². The molecule has 1 saturated heterocycles. The second-order valence-corrected chi connectivity index (χ2v) is 7.14. The molecule has 4 heteroatoms. The van der Waals surface area contributed by atoms with E-state index in [0.717, 1.165) is 40.0 Å². The minimum atomic E-state index is 0.228. The summed E-state index contributed by atoms with van der Waals surface area (Å²) in [6, 6.07) is 6.32. The van der Waals surface area contributed by atoms with Crippen LogP contribution in [0, 0.1) is 11.8 Å². The summed E-state index contributed by atoms with van der Waals surface area (Å²) in [5.74, 6) is 1.46. The highest BCUT2D eigenvalue weighted by atomic mass is 79.9. The van der Waals surface area contributed by atoms with Crippen LogP contribution in [0.1, 0.15) is 31.9 Å². The van der Waals surface area contributed by atoms with Crippen molar-refractivity contribution in [3.63, 3.8) is 0 Å². The molecule has 106 valence electrons. The predicted octanol–water partition coefficient (Wildman–Crippen LogP) is 4.08. The number of nitrogens with zero attached hydrogens (tertiary/aromatic N) is 1. The van der Waals surface area contributed by atoms with E-state index in [0.29, 0.717) is 6.54 Å². The predicted molar refractivity (Wildman–Crippen MR) is 85.5 cm³/mol. The third-order valence-corrected chi connectivity index (χ3v) is 4.70. The molecule has 1 heterocycles. The van der Waals surface area contributed by atoms with Crippen LogP contribution in [0.3, 0.4) is 0 Å². The molecule has 1 fully saturated rings. The number of likely N-dealkylation sites (tertiary alicyclic amines) is 1. The topological polar surface area (TPSA) is 29.3 Å². The summed E-state index contributed by atoms with van der Waals surface area (Å²) < 4.78 is 1.01. The Hall–Kier alpha value is -0.0900. The number of hydrogen-bond donors (Lipinski definition) is 1. The van der Waals surface area contributed by atoms with Gasteiger partial charge in [-0.05, 0) is 36.0 Å². The monoisotopic (exact) mass is 344 g/mol. The summed E-state index contributed by atoms with van der Waals surface area (Å²) in [5, 5.41) is 0.802. The lowest BCUT2D eigenvalue weighted by atomic mass is 9.89. The molecule has 1 aliphatic rings. The molecule has 2 N–H and O–H groups in total. The zero-order valence-electron chi connectivity index (χ0n) is 11.6. The summed E-state index contributed by atoms with van der Waals surface area (Å²) >= 11 is 9.84. The van der Waals surface area contributed by atoms with Crippen LogP contribution >= 0.6 is 27.5 Å². The SMILES string of the molecule is CC1CC(C)CN(C(CN)c2ccc(Br)cc2Cl)C1. The van der Waals surface area contributed by atoms with E-state index in [-0.39, 0.29) is 6.04 Å². The van der Waals surface area contributed by atoms with Gasteiger partial charge in [0.1, 0.15) is 0 Å². The smallest absolute Gasteiger partial charge is 0.0485 e. The molecular formula is C15H22BrClN2. The molecule has 3 atom stereocenters. The molecule has 3 unspecified atom stereocenters. The van der Waals surface area contributed by atoms with Crippen LogP contribution in [0.4, 0.5) is 0 Å². The minimum absolute atomic E-state index is 0.228. The van der Waals surface area contributed by atoms with Crippen LogP contribution < -0.4 is 5.73 Å². The second kappa shape index (κ2) is 6.57. The number of halogens is 2. The van der Waals surface area contributed by atoms with Gasteiger partial charge in [-0.25, -0.2) is 0 Å². The number of nitrogens with two attached hydrogens (primary N) is 1. The highest BCUT2D eigenvalue weighted by molar-refractivity contribution is 9.10. The van der Waals surface area contributed by atoms with Gasteiger partial charge in [-0.3, -0.25) is 4.90 Å². The molecule has 2 nitrogen and oxygen atoms in total. The highest BCUT2D eigenvalue weighted by Gasteiger charge is 2.28. The van der Waals surface area contributed by atoms with E-state index in [9.17, 15) is 0 Å². The van der Waals surface area contributed by atoms with Gasteiger partial charge in [0.15, 0.2) is 0 Å². The molecule has 1 aromatic carbocycles. The Morgan fingerprint density at radius 3 is 2.53 bits per heavy atom. The van der Waals surface area contributed by atoms with Gasteiger partial charge in [-0.1, -0.05) is 47.4 Å². The van der Waals surface area contributed by atoms with Gasteiger partial charge in [0.05, 0.1) is 0 Å². The summed E-state index contributed by atoms with van der Waals surface area (Å²) in [7, 11) is 0. The van der Waals surface area contributed by atoms with Crippen LogP contribution in [0.5, 0.6) is 0 Å². The first-order valence-electron chi connectivity index (χ1n) is 6.90. The van der Waals surface area contributed by atoms with E-state index < -0.39 is 0 Å². The molecule has 0 aliphatic carbocycles. The summed E-state index contributed by atoms with van der Waals surface area (Å²) in [5.41, 5.74) is 7.17. The van der Waals surface area contributed by atoms with Gasteiger partial charge >= 0.3 is 0 Å². The first-order valence-corrected chi connectivity index (χ1v) is 8.07. The van der Waals surface area contributed by atoms with Crippen molar-refractivity contribution in [2.24, 2.45) is 17.6 Å². The van der Waals surface area contributed by atoms with Gasteiger partial charge in [0.25, 0.3) is 0 Å². The highest BCUT2D eigenvalue weighted by Crippen LogP contribution is 2.33. The fourth-order valence-electron chi connectivity index (χ4n) is 3.21. The van der Waals surface area contributed by atoms with E-state index >= 15 is 0 Å². The average molecular weight is 346 g/mol. The van der Waals surface area contributed by atoms with E-state index in [1.54, 1.807) is 0 Å². The third-order valence-electron chi connectivity index (χ3n) is 3.88. The van der Waals surface area contributed by atoms with Crippen molar-refractivity contribution >= 4 is 27.5 Å². The summed E-state index contributed by atoms with van der Waals surface area (Å²) in [6.07, 6.45) is 1.31. The maximum Gasteiger partial charge on any atom is 0.0485 e. The van der Waals surface area contributed by atoms with Gasteiger partial charge in [-0.15, -0.1) is 0 Å². The average Bonchev–Trinajstić information content (AvgIpc) is 2.31. The Balaban J connectivity index is 2.23. The molecule has 0 bridgehead atoms. The molecule has 0 spiro atoms. The van der Waals surface area contributed by atoms with Gasteiger partial charge < -0.3 is 5.73 Å². The van der Waals surface area contributed by atoms with Gasteiger partial charge in [-0.2, -0.15) is 0 Å². The zero-order chi connectivity index (χ0) is 14.0. The van der Waals surface area contributed by atoms with Crippen LogP contribution in [0.25, 0.3) is 0 Å². The number of rotatable bonds is 3. The Morgan fingerprint density at radius 1 is 1.37 bits per heavy atom. The largest absolute Gasteiger partial charge is 0.329 e. The summed E-state index contributed by atoms with van der Waals surface area (Å²) in [6.45, 7) is 7.47. The van der Waals surface area contributed by atoms with Gasteiger partial charge in [0, 0.05) is 35.2 Å². The molecule has 0 amide bonds.